The molecule has 1 heterocycles. The molecule has 0 saturated carbocycles. The molecule has 0 atom stereocenters. The number of likely N-dealkylation sites (N-methyl/N-ethyl adjacent to an activating group) is 1. The number of nitrogens with zero attached hydrogens (tertiary/aromatic N) is 2. The van der Waals surface area contributed by atoms with Crippen LogP contribution in [0.1, 0.15) is 11.3 Å². The van der Waals surface area contributed by atoms with Gasteiger partial charge in [-0.3, -0.25) is 4.79 Å². The van der Waals surface area contributed by atoms with E-state index in [0.717, 1.165) is 5.56 Å². The van der Waals surface area contributed by atoms with E-state index in [4.69, 9.17) is 5.26 Å². The van der Waals surface area contributed by atoms with E-state index in [0.29, 0.717) is 12.2 Å². The van der Waals surface area contributed by atoms with E-state index in [1.807, 2.05) is 12.1 Å². The highest BCUT2D eigenvalue weighted by Crippen LogP contribution is 2.02. The molecule has 15 heavy (non-hydrogen) atoms. The molecule has 5 nitrogen and oxygen atoms in total. The van der Waals surface area contributed by atoms with Gasteiger partial charge in [0.2, 0.25) is 5.91 Å². The third kappa shape index (κ3) is 3.37. The molecule has 0 aliphatic rings. The van der Waals surface area contributed by atoms with Crippen LogP contribution >= 0.6 is 0 Å². The second-order valence-corrected chi connectivity index (χ2v) is 2.90. The van der Waals surface area contributed by atoms with Gasteiger partial charge in [-0.15, -0.1) is 0 Å². The number of amides is 1. The summed E-state index contributed by atoms with van der Waals surface area (Å²) in [4.78, 5) is 14.8. The Morgan fingerprint density at radius 1 is 1.67 bits per heavy atom. The average molecular weight is 204 g/mol. The molecule has 5 heteroatoms. The van der Waals surface area contributed by atoms with Gasteiger partial charge in [-0.05, 0) is 6.07 Å². The Labute approximate surface area is 88.1 Å². The first kappa shape index (κ1) is 11.1. The molecule has 0 aliphatic heterocycles. The van der Waals surface area contributed by atoms with E-state index in [1.54, 1.807) is 19.3 Å². The highest BCUT2D eigenvalue weighted by molar-refractivity contribution is 5.77. The molecule has 0 radical (unpaired) electrons. The normalized spacial score (nSPS) is 9.33. The first-order chi connectivity index (χ1) is 7.27. The van der Waals surface area contributed by atoms with Crippen molar-refractivity contribution in [3.05, 3.63) is 29.6 Å². The zero-order valence-electron chi connectivity index (χ0n) is 8.45. The number of hydrogen-bond acceptors (Lipinski definition) is 4. The molecule has 0 aromatic carbocycles. The van der Waals surface area contributed by atoms with Crippen molar-refractivity contribution >= 4 is 5.91 Å². The molecule has 0 fully saturated rings. The number of aromatic nitrogens is 1. The smallest absolute Gasteiger partial charge is 0.233 e. The summed E-state index contributed by atoms with van der Waals surface area (Å²) in [5, 5.41) is 14.2. The fourth-order valence-electron chi connectivity index (χ4n) is 1.08. The lowest BCUT2D eigenvalue weighted by Gasteiger charge is -2.04. The predicted octanol–water partition coefficient (Wildman–Crippen LogP) is -0.211. The van der Waals surface area contributed by atoms with E-state index < -0.39 is 0 Å². The molecule has 2 N–H and O–H groups in total. The number of nitrogens with one attached hydrogen (secondary N) is 2. The molecular formula is C10H12N4O. The Morgan fingerprint density at radius 2 is 2.47 bits per heavy atom. The number of pyridine rings is 1. The first-order valence-electron chi connectivity index (χ1n) is 4.53. The monoisotopic (exact) mass is 204 g/mol. The lowest BCUT2D eigenvalue weighted by atomic mass is 10.2. The minimum Gasteiger partial charge on any atom is -0.358 e. The Hall–Kier alpha value is -1.93. The molecule has 0 spiro atoms. The second kappa shape index (κ2) is 5.73. The van der Waals surface area contributed by atoms with Gasteiger partial charge < -0.3 is 10.6 Å². The Balaban J connectivity index is 2.51. The molecule has 0 unspecified atom stereocenters. The summed E-state index contributed by atoms with van der Waals surface area (Å²) in [6.45, 7) is 0.695. The number of nitriles is 1. The Kier molecular flexibility index (Phi) is 4.26. The van der Waals surface area contributed by atoms with Crippen LogP contribution in [0.3, 0.4) is 0 Å². The minimum atomic E-state index is -0.0857. The second-order valence-electron chi connectivity index (χ2n) is 2.90. The maximum atomic E-state index is 10.9. The standard InChI is InChI=1S/C10H12N4O/c1-12-10(15)7-13-6-8-3-2-4-14-9(8)5-11/h2-4,13H,6-7H2,1H3,(H,12,15). The van der Waals surface area contributed by atoms with Crippen LogP contribution in [0.5, 0.6) is 0 Å². The van der Waals surface area contributed by atoms with Crippen LogP contribution in [0.2, 0.25) is 0 Å². The number of carbonyl (C=O) groups excluding carboxylic acids is 1. The van der Waals surface area contributed by atoms with Crippen molar-refractivity contribution in [2.24, 2.45) is 0 Å². The van der Waals surface area contributed by atoms with Gasteiger partial charge >= 0.3 is 0 Å². The molecule has 1 amide bonds. The number of rotatable bonds is 4. The van der Waals surface area contributed by atoms with Gasteiger partial charge in [0.1, 0.15) is 11.8 Å². The van der Waals surface area contributed by atoms with Crippen LogP contribution in [0, 0.1) is 11.3 Å². The minimum absolute atomic E-state index is 0.0857. The van der Waals surface area contributed by atoms with Gasteiger partial charge in [-0.25, -0.2) is 4.98 Å². The molecule has 1 rings (SSSR count). The van der Waals surface area contributed by atoms with Crippen molar-refractivity contribution in [1.29, 1.82) is 5.26 Å². The highest BCUT2D eigenvalue weighted by atomic mass is 16.1. The Bertz CT molecular complexity index is 383. The van der Waals surface area contributed by atoms with Crippen LogP contribution in [0.4, 0.5) is 0 Å². The van der Waals surface area contributed by atoms with Crippen LogP contribution in [0.15, 0.2) is 18.3 Å². The van der Waals surface area contributed by atoms with Crippen LogP contribution in [0.25, 0.3) is 0 Å². The van der Waals surface area contributed by atoms with E-state index in [9.17, 15) is 4.79 Å². The topological polar surface area (TPSA) is 77.8 Å². The lowest BCUT2D eigenvalue weighted by molar-refractivity contribution is -0.119. The van der Waals surface area contributed by atoms with Gasteiger partial charge in [0.05, 0.1) is 6.54 Å². The molecule has 78 valence electrons. The first-order valence-corrected chi connectivity index (χ1v) is 4.53. The quantitative estimate of drug-likeness (QED) is 0.711. The third-order valence-electron chi connectivity index (χ3n) is 1.88. The maximum Gasteiger partial charge on any atom is 0.233 e. The number of hydrogen-bond donors (Lipinski definition) is 2. The fourth-order valence-corrected chi connectivity index (χ4v) is 1.08. The van der Waals surface area contributed by atoms with Crippen LogP contribution in [-0.2, 0) is 11.3 Å². The van der Waals surface area contributed by atoms with E-state index in [1.165, 1.54) is 0 Å². The van der Waals surface area contributed by atoms with Gasteiger partial charge in [0, 0.05) is 25.4 Å². The molecular weight excluding hydrogens is 192 g/mol. The molecule has 0 saturated heterocycles. The van der Waals surface area contributed by atoms with Crippen LogP contribution in [-0.4, -0.2) is 24.5 Å². The summed E-state index contributed by atoms with van der Waals surface area (Å²) >= 11 is 0. The molecule has 1 aromatic heterocycles. The van der Waals surface area contributed by atoms with Gasteiger partial charge in [0.25, 0.3) is 0 Å². The van der Waals surface area contributed by atoms with Gasteiger partial charge in [-0.1, -0.05) is 6.07 Å². The van der Waals surface area contributed by atoms with Crippen molar-refractivity contribution in [2.45, 2.75) is 6.54 Å². The third-order valence-corrected chi connectivity index (χ3v) is 1.88. The van der Waals surface area contributed by atoms with Crippen LogP contribution < -0.4 is 10.6 Å². The lowest BCUT2D eigenvalue weighted by Crippen LogP contribution is -2.31. The summed E-state index contributed by atoms with van der Waals surface area (Å²) in [7, 11) is 1.58. The van der Waals surface area contributed by atoms with Crippen molar-refractivity contribution in [3.63, 3.8) is 0 Å². The molecule has 1 aromatic rings. The van der Waals surface area contributed by atoms with Crippen molar-refractivity contribution < 1.29 is 4.79 Å². The van der Waals surface area contributed by atoms with E-state index in [2.05, 4.69) is 15.6 Å². The fraction of sp³-hybridized carbons (Fsp3) is 0.300. The summed E-state index contributed by atoms with van der Waals surface area (Å²) in [6.07, 6.45) is 1.57. The molecule has 0 bridgehead atoms. The predicted molar refractivity (Wildman–Crippen MR) is 54.7 cm³/mol. The van der Waals surface area contributed by atoms with E-state index in [-0.39, 0.29) is 12.5 Å². The zero-order valence-corrected chi connectivity index (χ0v) is 8.45. The van der Waals surface area contributed by atoms with Crippen molar-refractivity contribution in [2.75, 3.05) is 13.6 Å². The van der Waals surface area contributed by atoms with E-state index >= 15 is 0 Å². The highest BCUT2D eigenvalue weighted by Gasteiger charge is 2.02. The summed E-state index contributed by atoms with van der Waals surface area (Å²) < 4.78 is 0. The van der Waals surface area contributed by atoms with Gasteiger partial charge in [-0.2, -0.15) is 5.26 Å². The molecule has 0 aliphatic carbocycles. The largest absolute Gasteiger partial charge is 0.358 e. The van der Waals surface area contributed by atoms with Crippen molar-refractivity contribution in [1.82, 2.24) is 15.6 Å². The van der Waals surface area contributed by atoms with Crippen molar-refractivity contribution in [3.8, 4) is 6.07 Å². The SMILES string of the molecule is CNC(=O)CNCc1cccnc1C#N. The average Bonchev–Trinajstić information content (AvgIpc) is 2.29. The summed E-state index contributed by atoms with van der Waals surface area (Å²) in [5.74, 6) is -0.0857. The summed E-state index contributed by atoms with van der Waals surface area (Å²) in [6, 6.07) is 5.57. The van der Waals surface area contributed by atoms with Gasteiger partial charge in [0.15, 0.2) is 0 Å². The summed E-state index contributed by atoms with van der Waals surface area (Å²) in [5.41, 5.74) is 1.19. The Morgan fingerprint density at radius 3 is 3.13 bits per heavy atom. The maximum absolute atomic E-state index is 10.9. The zero-order chi connectivity index (χ0) is 11.1. The number of carbonyl (C=O) groups is 1.